The molecule has 0 radical (unpaired) electrons. The van der Waals surface area contributed by atoms with Gasteiger partial charge in [-0.15, -0.1) is 0 Å². The molecule has 3 heteroatoms. The van der Waals surface area contributed by atoms with Gasteiger partial charge in [-0.2, -0.15) is 5.10 Å². The molecular weight excluding hydrogens is 222 g/mol. The highest BCUT2D eigenvalue weighted by atomic mass is 15.3. The maximum Gasteiger partial charge on any atom is 0.0630 e. The molecule has 0 aliphatic rings. The molecule has 2 atom stereocenters. The second kappa shape index (κ2) is 6.37. The van der Waals surface area contributed by atoms with Crippen LogP contribution in [-0.2, 0) is 6.42 Å². The summed E-state index contributed by atoms with van der Waals surface area (Å²) in [5.74, 6) is 0. The van der Waals surface area contributed by atoms with Crippen molar-refractivity contribution in [2.24, 2.45) is 5.41 Å². The van der Waals surface area contributed by atoms with E-state index in [1.807, 2.05) is 7.05 Å². The van der Waals surface area contributed by atoms with E-state index >= 15 is 0 Å². The molecule has 3 nitrogen and oxygen atoms in total. The van der Waals surface area contributed by atoms with Gasteiger partial charge in [-0.05, 0) is 51.6 Å². The third kappa shape index (κ3) is 4.45. The fraction of sp³-hybridized carbons (Fsp3) is 0.800. The number of rotatable bonds is 7. The minimum absolute atomic E-state index is 0.289. The van der Waals surface area contributed by atoms with Gasteiger partial charge < -0.3 is 5.32 Å². The van der Waals surface area contributed by atoms with Crippen molar-refractivity contribution in [1.29, 1.82) is 0 Å². The van der Waals surface area contributed by atoms with Gasteiger partial charge in [-0.3, -0.25) is 4.68 Å². The largest absolute Gasteiger partial charge is 0.317 e. The summed E-state index contributed by atoms with van der Waals surface area (Å²) in [5, 5.41) is 8.01. The highest BCUT2D eigenvalue weighted by Crippen LogP contribution is 2.27. The number of aromatic nitrogens is 2. The average molecular weight is 251 g/mol. The molecule has 1 N–H and O–H groups in total. The Bertz CT molecular complexity index is 354. The Morgan fingerprint density at radius 3 is 2.61 bits per heavy atom. The topological polar surface area (TPSA) is 29.9 Å². The van der Waals surface area contributed by atoms with E-state index in [2.05, 4.69) is 56.9 Å². The van der Waals surface area contributed by atoms with Crippen LogP contribution in [0.15, 0.2) is 12.3 Å². The van der Waals surface area contributed by atoms with Crippen molar-refractivity contribution >= 4 is 0 Å². The van der Waals surface area contributed by atoms with Gasteiger partial charge in [0.1, 0.15) is 0 Å². The molecule has 0 amide bonds. The molecule has 0 aliphatic carbocycles. The van der Waals surface area contributed by atoms with E-state index in [0.29, 0.717) is 12.1 Å². The molecule has 0 saturated carbocycles. The van der Waals surface area contributed by atoms with Crippen LogP contribution in [0.25, 0.3) is 0 Å². The maximum absolute atomic E-state index is 4.70. The lowest BCUT2D eigenvalue weighted by molar-refractivity contribution is 0.289. The third-order valence-corrected chi connectivity index (χ3v) is 3.72. The predicted molar refractivity (Wildman–Crippen MR) is 77.9 cm³/mol. The molecule has 1 rings (SSSR count). The molecule has 104 valence electrons. The van der Waals surface area contributed by atoms with Crippen LogP contribution >= 0.6 is 0 Å². The van der Waals surface area contributed by atoms with Crippen LogP contribution in [0.3, 0.4) is 0 Å². The van der Waals surface area contributed by atoms with Gasteiger partial charge in [-0.1, -0.05) is 20.8 Å². The summed E-state index contributed by atoms with van der Waals surface area (Å²) in [6, 6.07) is 3.22. The Labute approximate surface area is 112 Å². The second-order valence-electron chi connectivity index (χ2n) is 6.28. The molecule has 0 fully saturated rings. The predicted octanol–water partition coefficient (Wildman–Crippen LogP) is 3.42. The molecule has 0 bridgehead atoms. The molecule has 1 aromatic rings. The zero-order chi connectivity index (χ0) is 13.8. The van der Waals surface area contributed by atoms with Gasteiger partial charge >= 0.3 is 0 Å². The van der Waals surface area contributed by atoms with E-state index in [1.54, 1.807) is 0 Å². The van der Waals surface area contributed by atoms with Crippen molar-refractivity contribution in [1.82, 2.24) is 15.1 Å². The quantitative estimate of drug-likeness (QED) is 0.804. The fourth-order valence-electron chi connectivity index (χ4n) is 2.40. The molecule has 1 aromatic heterocycles. The minimum atomic E-state index is 0.289. The summed E-state index contributed by atoms with van der Waals surface area (Å²) in [4.78, 5) is 0. The fourth-order valence-corrected chi connectivity index (χ4v) is 2.40. The van der Waals surface area contributed by atoms with E-state index in [-0.39, 0.29) is 5.41 Å². The van der Waals surface area contributed by atoms with E-state index in [4.69, 9.17) is 5.10 Å². The molecule has 0 aromatic carbocycles. The maximum atomic E-state index is 4.70. The monoisotopic (exact) mass is 251 g/mol. The van der Waals surface area contributed by atoms with Crippen LogP contribution in [0.2, 0.25) is 0 Å². The Kier molecular flexibility index (Phi) is 5.39. The van der Waals surface area contributed by atoms with Gasteiger partial charge in [0, 0.05) is 18.3 Å². The summed E-state index contributed by atoms with van der Waals surface area (Å²) < 4.78 is 2.09. The number of hydrogen-bond acceptors (Lipinski definition) is 2. The normalized spacial score (nSPS) is 15.7. The van der Waals surface area contributed by atoms with Gasteiger partial charge in [0.2, 0.25) is 0 Å². The molecule has 18 heavy (non-hydrogen) atoms. The van der Waals surface area contributed by atoms with Crippen molar-refractivity contribution < 1.29 is 0 Å². The molecule has 0 saturated heterocycles. The van der Waals surface area contributed by atoms with Crippen molar-refractivity contribution in [2.75, 3.05) is 7.05 Å². The van der Waals surface area contributed by atoms with Crippen LogP contribution in [0.5, 0.6) is 0 Å². The van der Waals surface area contributed by atoms with E-state index in [1.165, 1.54) is 12.1 Å². The smallest absolute Gasteiger partial charge is 0.0630 e. The van der Waals surface area contributed by atoms with Crippen molar-refractivity contribution in [2.45, 2.75) is 66.0 Å². The lowest BCUT2D eigenvalue weighted by Gasteiger charge is -2.27. The molecule has 0 aliphatic heterocycles. The first-order valence-electron chi connectivity index (χ1n) is 7.09. The summed E-state index contributed by atoms with van der Waals surface area (Å²) in [6.07, 6.45) is 5.45. The van der Waals surface area contributed by atoms with Gasteiger partial charge in [0.05, 0.1) is 5.69 Å². The summed E-state index contributed by atoms with van der Waals surface area (Å²) in [6.45, 7) is 11.3. The van der Waals surface area contributed by atoms with Crippen LogP contribution < -0.4 is 5.32 Å². The molecule has 0 spiro atoms. The number of hydrogen-bond donors (Lipinski definition) is 1. The number of nitrogens with zero attached hydrogens (tertiary/aromatic N) is 2. The Morgan fingerprint density at radius 1 is 1.39 bits per heavy atom. The Balaban J connectivity index is 2.63. The molecule has 2 unspecified atom stereocenters. The van der Waals surface area contributed by atoms with E-state index in [0.717, 1.165) is 12.8 Å². The first kappa shape index (κ1) is 15.2. The standard InChI is InChI=1S/C15H29N3/c1-7-13(3)18-9-8-14(17-18)11-15(4,5)10-12(2)16-6/h8-9,12-13,16H,7,10-11H2,1-6H3. The van der Waals surface area contributed by atoms with Crippen LogP contribution in [0.1, 0.15) is 59.2 Å². The minimum Gasteiger partial charge on any atom is -0.317 e. The summed E-state index contributed by atoms with van der Waals surface area (Å²) in [5.41, 5.74) is 1.50. The molecule has 1 heterocycles. The number of nitrogens with one attached hydrogen (secondary N) is 1. The van der Waals surface area contributed by atoms with Crippen molar-refractivity contribution in [3.8, 4) is 0 Å². The van der Waals surface area contributed by atoms with Crippen molar-refractivity contribution in [3.63, 3.8) is 0 Å². The zero-order valence-corrected chi connectivity index (χ0v) is 12.8. The Morgan fingerprint density at radius 2 is 2.06 bits per heavy atom. The van der Waals surface area contributed by atoms with Crippen molar-refractivity contribution in [3.05, 3.63) is 18.0 Å². The third-order valence-electron chi connectivity index (χ3n) is 3.72. The first-order chi connectivity index (χ1) is 8.38. The zero-order valence-electron chi connectivity index (χ0n) is 12.8. The average Bonchev–Trinajstić information content (AvgIpc) is 2.74. The SMILES string of the molecule is CCC(C)n1ccc(CC(C)(C)CC(C)NC)n1. The van der Waals surface area contributed by atoms with Gasteiger partial charge in [-0.25, -0.2) is 0 Å². The lowest BCUT2D eigenvalue weighted by Crippen LogP contribution is -2.29. The summed E-state index contributed by atoms with van der Waals surface area (Å²) >= 11 is 0. The van der Waals surface area contributed by atoms with Gasteiger partial charge in [0.15, 0.2) is 0 Å². The highest BCUT2D eigenvalue weighted by molar-refractivity contribution is 5.03. The first-order valence-corrected chi connectivity index (χ1v) is 7.09. The highest BCUT2D eigenvalue weighted by Gasteiger charge is 2.22. The van der Waals surface area contributed by atoms with Gasteiger partial charge in [0.25, 0.3) is 0 Å². The second-order valence-corrected chi connectivity index (χ2v) is 6.28. The van der Waals surface area contributed by atoms with Crippen LogP contribution in [0, 0.1) is 5.41 Å². The summed E-state index contributed by atoms with van der Waals surface area (Å²) in [7, 11) is 2.03. The molecular formula is C15H29N3. The Hall–Kier alpha value is -0.830. The van der Waals surface area contributed by atoms with Crippen LogP contribution in [0.4, 0.5) is 0 Å². The van der Waals surface area contributed by atoms with E-state index < -0.39 is 0 Å². The van der Waals surface area contributed by atoms with Crippen LogP contribution in [-0.4, -0.2) is 22.9 Å². The lowest BCUT2D eigenvalue weighted by atomic mass is 9.82. The van der Waals surface area contributed by atoms with E-state index in [9.17, 15) is 0 Å².